The topological polar surface area (TPSA) is 38.3 Å². The van der Waals surface area contributed by atoms with Crippen molar-refractivity contribution in [2.75, 3.05) is 7.11 Å². The lowest BCUT2D eigenvalue weighted by atomic mass is 10.2. The van der Waals surface area contributed by atoms with E-state index in [2.05, 4.69) is 10.1 Å². The Labute approximate surface area is 97.8 Å². The van der Waals surface area contributed by atoms with Gasteiger partial charge in [0.2, 0.25) is 0 Å². The molecular formula is C13H21NO2. The van der Waals surface area contributed by atoms with Crippen LogP contribution in [0, 0.1) is 0 Å². The van der Waals surface area contributed by atoms with E-state index in [1.165, 1.54) is 7.11 Å². The van der Waals surface area contributed by atoms with Crippen molar-refractivity contribution in [3.05, 3.63) is 35.9 Å². The van der Waals surface area contributed by atoms with Gasteiger partial charge in [0.25, 0.3) is 0 Å². The van der Waals surface area contributed by atoms with Crippen LogP contribution in [0.25, 0.3) is 0 Å². The fourth-order valence-electron chi connectivity index (χ4n) is 1.13. The molecule has 0 heterocycles. The summed E-state index contributed by atoms with van der Waals surface area (Å²) in [5, 5.41) is 3.08. The molecule has 0 bridgehead atoms. The molecule has 0 fully saturated rings. The van der Waals surface area contributed by atoms with Crippen LogP contribution >= 0.6 is 0 Å². The van der Waals surface area contributed by atoms with E-state index < -0.39 is 0 Å². The van der Waals surface area contributed by atoms with Crippen molar-refractivity contribution in [1.82, 2.24) is 5.32 Å². The van der Waals surface area contributed by atoms with Crippen molar-refractivity contribution < 1.29 is 9.53 Å². The normalized spacial score (nSPS) is 11.0. The molecule has 0 aliphatic heterocycles. The van der Waals surface area contributed by atoms with Crippen molar-refractivity contribution in [2.45, 2.75) is 33.4 Å². The number of nitrogens with one attached hydrogen (secondary N) is 1. The number of carbonyl (C=O) groups is 1. The van der Waals surface area contributed by atoms with Gasteiger partial charge >= 0.3 is 5.97 Å². The molecule has 1 N–H and O–H groups in total. The molecule has 3 heteroatoms. The molecule has 0 spiro atoms. The van der Waals surface area contributed by atoms with Gasteiger partial charge in [0.1, 0.15) is 6.04 Å². The molecule has 3 nitrogen and oxygen atoms in total. The van der Waals surface area contributed by atoms with Gasteiger partial charge in [-0.2, -0.15) is 0 Å². The summed E-state index contributed by atoms with van der Waals surface area (Å²) in [5.41, 5.74) is 1.16. The van der Waals surface area contributed by atoms with E-state index in [0.29, 0.717) is 6.54 Å². The Morgan fingerprint density at radius 2 is 1.88 bits per heavy atom. The maximum atomic E-state index is 11.0. The zero-order valence-corrected chi connectivity index (χ0v) is 10.5. The molecule has 0 saturated heterocycles. The predicted molar refractivity (Wildman–Crippen MR) is 66.1 cm³/mol. The Bertz CT molecular complexity index is 285. The molecule has 1 rings (SSSR count). The summed E-state index contributed by atoms with van der Waals surface area (Å²) in [4.78, 5) is 11.0. The summed E-state index contributed by atoms with van der Waals surface area (Å²) in [5.74, 6) is -0.235. The average Bonchev–Trinajstić information content (AvgIpc) is 2.38. The molecule has 1 unspecified atom stereocenters. The van der Waals surface area contributed by atoms with Crippen LogP contribution in [-0.4, -0.2) is 19.1 Å². The molecule has 0 aliphatic carbocycles. The van der Waals surface area contributed by atoms with Crippen LogP contribution < -0.4 is 5.32 Å². The molecule has 0 radical (unpaired) electrons. The first-order valence-corrected chi connectivity index (χ1v) is 5.59. The van der Waals surface area contributed by atoms with Gasteiger partial charge in [-0.3, -0.25) is 4.79 Å². The highest BCUT2D eigenvalue weighted by molar-refractivity contribution is 5.75. The number of hydrogen-bond acceptors (Lipinski definition) is 3. The van der Waals surface area contributed by atoms with Crippen molar-refractivity contribution in [2.24, 2.45) is 0 Å². The lowest BCUT2D eigenvalue weighted by Gasteiger charge is -2.10. The second-order valence-corrected chi connectivity index (χ2v) is 3.11. The van der Waals surface area contributed by atoms with E-state index in [0.717, 1.165) is 5.56 Å². The highest BCUT2D eigenvalue weighted by atomic mass is 16.5. The van der Waals surface area contributed by atoms with Crippen molar-refractivity contribution >= 4 is 5.97 Å². The summed E-state index contributed by atoms with van der Waals surface area (Å²) >= 11 is 0. The molecule has 1 aromatic rings. The summed E-state index contributed by atoms with van der Waals surface area (Å²) in [7, 11) is 1.39. The van der Waals surface area contributed by atoms with Crippen LogP contribution in [0.4, 0.5) is 0 Å². The third kappa shape index (κ3) is 5.51. The Balaban J connectivity index is 0.00000106. The third-order valence-corrected chi connectivity index (χ3v) is 2.01. The quantitative estimate of drug-likeness (QED) is 0.796. The van der Waals surface area contributed by atoms with E-state index >= 15 is 0 Å². The van der Waals surface area contributed by atoms with Gasteiger partial charge in [-0.05, 0) is 12.5 Å². The minimum absolute atomic E-state index is 0.235. The van der Waals surface area contributed by atoms with E-state index in [9.17, 15) is 4.79 Å². The second-order valence-electron chi connectivity index (χ2n) is 3.11. The van der Waals surface area contributed by atoms with E-state index in [4.69, 9.17) is 0 Å². The van der Waals surface area contributed by atoms with Gasteiger partial charge in [-0.1, -0.05) is 44.2 Å². The first-order valence-electron chi connectivity index (χ1n) is 5.59. The third-order valence-electron chi connectivity index (χ3n) is 2.01. The number of ether oxygens (including phenoxy) is 1. The Kier molecular flexibility index (Phi) is 8.17. The smallest absolute Gasteiger partial charge is 0.322 e. The van der Waals surface area contributed by atoms with Crippen LogP contribution in [0.15, 0.2) is 30.3 Å². The molecule has 16 heavy (non-hydrogen) atoms. The van der Waals surface area contributed by atoms with Crippen LogP contribution in [0.2, 0.25) is 0 Å². The molecular weight excluding hydrogens is 202 g/mol. The summed E-state index contributed by atoms with van der Waals surface area (Å²) in [6, 6.07) is 9.67. The van der Waals surface area contributed by atoms with Crippen molar-refractivity contribution in [1.29, 1.82) is 0 Å². The van der Waals surface area contributed by atoms with Gasteiger partial charge in [-0.25, -0.2) is 0 Å². The molecule has 1 atom stereocenters. The van der Waals surface area contributed by atoms with E-state index in [1.54, 1.807) is 6.92 Å². The summed E-state index contributed by atoms with van der Waals surface area (Å²) < 4.78 is 4.60. The number of hydrogen-bond donors (Lipinski definition) is 1. The lowest BCUT2D eigenvalue weighted by Crippen LogP contribution is -2.34. The number of benzene rings is 1. The van der Waals surface area contributed by atoms with Crippen LogP contribution in [0.3, 0.4) is 0 Å². The van der Waals surface area contributed by atoms with Gasteiger partial charge in [0, 0.05) is 6.54 Å². The standard InChI is InChI=1S/C11H15NO2.C2H6/c1-9(11(13)14-2)12-8-10-6-4-3-5-7-10;1-2/h3-7,9,12H,8H2,1-2H3;1-2H3. The summed E-state index contributed by atoms with van der Waals surface area (Å²) in [6.07, 6.45) is 0. The van der Waals surface area contributed by atoms with Crippen molar-refractivity contribution in [3.8, 4) is 0 Å². The van der Waals surface area contributed by atoms with Crippen LogP contribution in [0.5, 0.6) is 0 Å². The lowest BCUT2D eigenvalue weighted by molar-refractivity contribution is -0.142. The SMILES string of the molecule is CC.COC(=O)C(C)NCc1ccccc1. The Hall–Kier alpha value is -1.35. The number of methoxy groups -OCH3 is 1. The van der Waals surface area contributed by atoms with Crippen LogP contribution in [0.1, 0.15) is 26.3 Å². The molecule has 0 aromatic heterocycles. The zero-order chi connectivity index (χ0) is 12.4. The maximum Gasteiger partial charge on any atom is 0.322 e. The van der Waals surface area contributed by atoms with E-state index in [-0.39, 0.29) is 12.0 Å². The van der Waals surface area contributed by atoms with Gasteiger partial charge < -0.3 is 10.1 Å². The largest absolute Gasteiger partial charge is 0.468 e. The molecule has 1 aromatic carbocycles. The van der Waals surface area contributed by atoms with Gasteiger partial charge in [-0.15, -0.1) is 0 Å². The first-order chi connectivity index (χ1) is 7.74. The number of rotatable bonds is 4. The molecule has 0 saturated carbocycles. The zero-order valence-electron chi connectivity index (χ0n) is 10.5. The first kappa shape index (κ1) is 14.6. The monoisotopic (exact) mass is 223 g/mol. The minimum atomic E-state index is -0.264. The minimum Gasteiger partial charge on any atom is -0.468 e. The van der Waals surface area contributed by atoms with Gasteiger partial charge in [0.05, 0.1) is 7.11 Å². The highest BCUT2D eigenvalue weighted by Crippen LogP contribution is 1.98. The van der Waals surface area contributed by atoms with Gasteiger partial charge in [0.15, 0.2) is 0 Å². The molecule has 0 amide bonds. The molecule has 0 aliphatic rings. The Morgan fingerprint density at radius 1 is 1.31 bits per heavy atom. The number of carbonyl (C=O) groups excluding carboxylic acids is 1. The number of esters is 1. The second kappa shape index (κ2) is 8.92. The average molecular weight is 223 g/mol. The predicted octanol–water partition coefficient (Wildman–Crippen LogP) is 2.36. The highest BCUT2D eigenvalue weighted by Gasteiger charge is 2.11. The fourth-order valence-corrected chi connectivity index (χ4v) is 1.13. The Morgan fingerprint density at radius 3 is 2.38 bits per heavy atom. The summed E-state index contributed by atoms with van der Waals surface area (Å²) in [6.45, 7) is 6.46. The molecule has 90 valence electrons. The van der Waals surface area contributed by atoms with Crippen LogP contribution in [-0.2, 0) is 16.1 Å². The fraction of sp³-hybridized carbons (Fsp3) is 0.462. The van der Waals surface area contributed by atoms with Crippen molar-refractivity contribution in [3.63, 3.8) is 0 Å². The maximum absolute atomic E-state index is 11.0. The van der Waals surface area contributed by atoms with E-state index in [1.807, 2.05) is 44.2 Å².